The normalized spacial score (nSPS) is 25.8. The number of methoxy groups -OCH3 is 1. The first-order valence-corrected chi connectivity index (χ1v) is 20.1. The van der Waals surface area contributed by atoms with Gasteiger partial charge in [0.05, 0.1) is 55.8 Å². The molecule has 59 heavy (non-hydrogen) atoms. The Balaban J connectivity index is 0.966. The minimum Gasteiger partial charge on any atom is -0.453 e. The lowest BCUT2D eigenvalue weighted by atomic mass is 9.73. The van der Waals surface area contributed by atoms with Crippen molar-refractivity contribution < 1.29 is 32.6 Å². The topological polar surface area (TPSA) is 146 Å². The molecule has 14 heteroatoms. The zero-order chi connectivity index (χ0) is 40.7. The number of hydrogen-bond donors (Lipinski definition) is 4. The Bertz CT molecular complexity index is 2550. The molecule has 2 unspecified atom stereocenters. The Labute approximate surface area is 339 Å². The van der Waals surface area contributed by atoms with Crippen LogP contribution in [0, 0.1) is 0 Å². The van der Waals surface area contributed by atoms with Crippen molar-refractivity contribution in [2.75, 3.05) is 33.4 Å². The van der Waals surface area contributed by atoms with Crippen molar-refractivity contribution in [1.29, 1.82) is 0 Å². The molecular formula is C45H45F2N7O5. The summed E-state index contributed by atoms with van der Waals surface area (Å²) in [6, 6.07) is 19.1. The van der Waals surface area contributed by atoms with Gasteiger partial charge in [0.25, 0.3) is 11.8 Å². The number of amides is 2. The summed E-state index contributed by atoms with van der Waals surface area (Å²) in [6.07, 6.45) is 7.48. The third-order valence-electron chi connectivity index (χ3n) is 13.1. The minimum absolute atomic E-state index is 0.00673. The number of alkyl halides is 2. The Morgan fingerprint density at radius 2 is 1.78 bits per heavy atom. The van der Waals surface area contributed by atoms with Gasteiger partial charge >= 0.3 is 6.09 Å². The van der Waals surface area contributed by atoms with Gasteiger partial charge in [-0.3, -0.25) is 4.79 Å². The predicted molar refractivity (Wildman–Crippen MR) is 215 cm³/mol. The second-order valence-corrected chi connectivity index (χ2v) is 16.7. The number of H-pyrrole nitrogens is 2. The molecular weight excluding hydrogens is 757 g/mol. The Morgan fingerprint density at radius 1 is 1.00 bits per heavy atom. The third-order valence-corrected chi connectivity index (χ3v) is 13.1. The van der Waals surface area contributed by atoms with Crippen LogP contribution in [0.2, 0.25) is 0 Å². The van der Waals surface area contributed by atoms with Crippen LogP contribution in [0.5, 0.6) is 0 Å². The van der Waals surface area contributed by atoms with Crippen molar-refractivity contribution in [2.24, 2.45) is 0 Å². The zero-order valence-electron chi connectivity index (χ0n) is 33.0. The van der Waals surface area contributed by atoms with Crippen LogP contribution >= 0.6 is 0 Å². The maximum atomic E-state index is 16.7. The van der Waals surface area contributed by atoms with Gasteiger partial charge in [0.15, 0.2) is 5.79 Å². The summed E-state index contributed by atoms with van der Waals surface area (Å²) >= 11 is 0. The van der Waals surface area contributed by atoms with Crippen LogP contribution in [0.15, 0.2) is 90.7 Å². The predicted octanol–water partition coefficient (Wildman–Crippen LogP) is 7.44. The Kier molecular flexibility index (Phi) is 8.71. The number of nitrogens with one attached hydrogen (secondary N) is 4. The lowest BCUT2D eigenvalue weighted by Crippen LogP contribution is -2.49. The molecule has 1 spiro atoms. The van der Waals surface area contributed by atoms with E-state index in [1.807, 2.05) is 56.3 Å². The Morgan fingerprint density at radius 3 is 2.54 bits per heavy atom. The molecule has 3 aliphatic heterocycles. The van der Waals surface area contributed by atoms with E-state index in [1.165, 1.54) is 7.11 Å². The maximum Gasteiger partial charge on any atom is 0.407 e. The molecule has 4 N–H and O–H groups in total. The van der Waals surface area contributed by atoms with Gasteiger partial charge in [0, 0.05) is 23.0 Å². The van der Waals surface area contributed by atoms with Crippen molar-refractivity contribution in [3.05, 3.63) is 125 Å². The number of allylic oxidation sites excluding steroid dienone is 4. The molecule has 2 aliphatic carbocycles. The van der Waals surface area contributed by atoms with E-state index in [0.717, 1.165) is 42.0 Å². The smallest absolute Gasteiger partial charge is 0.407 e. The number of aromatic amines is 2. The summed E-state index contributed by atoms with van der Waals surface area (Å²) in [7, 11) is 1.25. The molecule has 2 aromatic heterocycles. The number of aromatic nitrogens is 4. The van der Waals surface area contributed by atoms with Crippen LogP contribution in [0.1, 0.15) is 85.6 Å². The monoisotopic (exact) mass is 801 g/mol. The summed E-state index contributed by atoms with van der Waals surface area (Å²) in [5.74, 6) is -3.30. The lowest BCUT2D eigenvalue weighted by Gasteiger charge is -2.35. The molecule has 12 nitrogen and oxygen atoms in total. The molecule has 0 saturated carbocycles. The van der Waals surface area contributed by atoms with Crippen molar-refractivity contribution in [2.45, 2.75) is 74.3 Å². The van der Waals surface area contributed by atoms with Gasteiger partial charge in [-0.05, 0) is 84.8 Å². The number of likely N-dealkylation sites (tertiary alicyclic amines) is 1. The van der Waals surface area contributed by atoms with Gasteiger partial charge in [-0.2, -0.15) is 8.78 Å². The number of halogens is 2. The fraction of sp³-hybridized carbons (Fsp3) is 0.378. The number of rotatable bonds is 7. The van der Waals surface area contributed by atoms with Crippen LogP contribution in [0.25, 0.3) is 27.7 Å². The van der Waals surface area contributed by atoms with E-state index in [0.29, 0.717) is 53.2 Å². The number of alkyl carbamates (subject to hydrolysis) is 1. The average Bonchev–Trinajstić information content (AvgIpc) is 4.11. The van der Waals surface area contributed by atoms with E-state index in [1.54, 1.807) is 47.5 Å². The van der Waals surface area contributed by atoms with E-state index in [2.05, 4.69) is 25.6 Å². The molecule has 0 radical (unpaired) electrons. The molecule has 304 valence electrons. The van der Waals surface area contributed by atoms with Crippen LogP contribution in [-0.2, 0) is 35.9 Å². The molecule has 5 aromatic rings. The van der Waals surface area contributed by atoms with Crippen LogP contribution in [0.3, 0.4) is 0 Å². The number of nitrogens with zero attached hydrogens (tertiary/aromatic N) is 3. The number of ether oxygens (including phenoxy) is 3. The molecule has 5 heterocycles. The van der Waals surface area contributed by atoms with Gasteiger partial charge < -0.3 is 39.7 Å². The fourth-order valence-corrected chi connectivity index (χ4v) is 9.89. The molecule has 2 amide bonds. The number of fused-ring (bicyclic) bond motifs is 4. The van der Waals surface area contributed by atoms with E-state index in [9.17, 15) is 9.59 Å². The highest BCUT2D eigenvalue weighted by Crippen LogP contribution is 2.60. The SMILES string of the molecule is COC(=O)N[C@@H](C(=O)N1CC2(C[C@@]1(C)c1nc3ccc(-c4ccc5c(c4)C(F)(F)C4=CC(c6cnc(C7CCCN7)[nH]6)=CCC45C)cc3[nH]1)OCCO2)c1ccccc1. The largest absolute Gasteiger partial charge is 0.453 e. The van der Waals surface area contributed by atoms with E-state index in [-0.39, 0.29) is 36.1 Å². The zero-order valence-corrected chi connectivity index (χ0v) is 33.0. The maximum absolute atomic E-state index is 16.7. The number of hydrogen-bond acceptors (Lipinski definition) is 8. The summed E-state index contributed by atoms with van der Waals surface area (Å²) in [5, 5.41) is 6.15. The first-order chi connectivity index (χ1) is 28.4. The van der Waals surface area contributed by atoms with Gasteiger partial charge in [-0.25, -0.2) is 14.8 Å². The van der Waals surface area contributed by atoms with Crippen LogP contribution < -0.4 is 10.6 Å². The third kappa shape index (κ3) is 6.02. The van der Waals surface area contributed by atoms with Crippen molar-refractivity contribution in [3.63, 3.8) is 0 Å². The molecule has 3 saturated heterocycles. The molecule has 10 rings (SSSR count). The molecule has 3 aromatic carbocycles. The van der Waals surface area contributed by atoms with Crippen LogP contribution in [0.4, 0.5) is 13.6 Å². The van der Waals surface area contributed by atoms with Crippen molar-refractivity contribution in [1.82, 2.24) is 35.5 Å². The van der Waals surface area contributed by atoms with Gasteiger partial charge in [0.1, 0.15) is 23.2 Å². The van der Waals surface area contributed by atoms with Crippen LogP contribution in [-0.4, -0.2) is 76.0 Å². The highest BCUT2D eigenvalue weighted by atomic mass is 19.3. The highest BCUT2D eigenvalue weighted by molar-refractivity contribution is 5.88. The van der Waals surface area contributed by atoms with Crippen molar-refractivity contribution >= 4 is 28.6 Å². The molecule has 3 fully saturated rings. The van der Waals surface area contributed by atoms with E-state index < -0.39 is 34.8 Å². The number of carbonyl (C=O) groups excluding carboxylic acids is 2. The number of benzene rings is 3. The number of carbonyl (C=O) groups is 2. The fourth-order valence-electron chi connectivity index (χ4n) is 9.89. The summed E-state index contributed by atoms with van der Waals surface area (Å²) in [5.41, 5.74) is 3.56. The highest BCUT2D eigenvalue weighted by Gasteiger charge is 2.59. The average molecular weight is 802 g/mol. The van der Waals surface area contributed by atoms with Gasteiger partial charge in [-0.15, -0.1) is 0 Å². The number of imidazole rings is 2. The summed E-state index contributed by atoms with van der Waals surface area (Å²) in [6.45, 7) is 5.60. The van der Waals surface area contributed by atoms with E-state index >= 15 is 8.78 Å². The second kappa shape index (κ2) is 13.7. The Hall–Kier alpha value is -5.70. The lowest BCUT2D eigenvalue weighted by molar-refractivity contribution is -0.153. The molecule has 0 bridgehead atoms. The molecule has 4 atom stereocenters. The summed E-state index contributed by atoms with van der Waals surface area (Å²) < 4.78 is 50.5. The standard InChI is InChI=1S/C45H45F2N7O5/c1-42-16-15-29(35-23-49-38(50-35)33-10-7-17-48-33)22-36(42)45(46,47)31-20-27(11-13-30(31)42)28-12-14-32-34(21-28)52-40(51-32)43(2)24-44(58-18-19-59-44)25-54(43)39(55)37(53-41(56)57-3)26-8-5-4-6-9-26/h4-6,8-9,11-15,20-23,33,37,48H,7,10,16-19,24-25H2,1-3H3,(H,49,50)(H,51,52)(H,53,56)/t33?,37-,42?,43+/m1/s1. The van der Waals surface area contributed by atoms with E-state index in [4.69, 9.17) is 19.2 Å². The van der Waals surface area contributed by atoms with Crippen molar-refractivity contribution in [3.8, 4) is 11.1 Å². The van der Waals surface area contributed by atoms with Gasteiger partial charge in [-0.1, -0.05) is 61.5 Å². The first-order valence-electron chi connectivity index (χ1n) is 20.1. The second-order valence-electron chi connectivity index (χ2n) is 16.7. The quantitative estimate of drug-likeness (QED) is 0.133. The first kappa shape index (κ1) is 37.6. The van der Waals surface area contributed by atoms with Gasteiger partial charge in [0.2, 0.25) is 0 Å². The molecule has 5 aliphatic rings. The minimum atomic E-state index is -3.19. The summed E-state index contributed by atoms with van der Waals surface area (Å²) in [4.78, 5) is 45.2.